The number of nitrogens with zero attached hydrogens (tertiary/aromatic N) is 2. The number of hydrogen-bond acceptors (Lipinski definition) is 6. The van der Waals surface area contributed by atoms with Crippen molar-refractivity contribution in [2.24, 2.45) is 0 Å². The third-order valence-electron chi connectivity index (χ3n) is 3.75. The fourth-order valence-corrected chi connectivity index (χ4v) is 2.56. The number of benzene rings is 2. The zero-order valence-electron chi connectivity index (χ0n) is 14.0. The van der Waals surface area contributed by atoms with Crippen molar-refractivity contribution in [3.05, 3.63) is 66.0 Å². The molecule has 2 aromatic carbocycles. The van der Waals surface area contributed by atoms with Gasteiger partial charge in [-0.2, -0.15) is 0 Å². The fourth-order valence-electron chi connectivity index (χ4n) is 2.56. The van der Waals surface area contributed by atoms with Crippen molar-refractivity contribution in [2.75, 3.05) is 17.4 Å². The Morgan fingerprint density at radius 2 is 1.77 bits per heavy atom. The first-order valence-corrected chi connectivity index (χ1v) is 8.06. The van der Waals surface area contributed by atoms with Gasteiger partial charge in [-0.1, -0.05) is 18.2 Å². The van der Waals surface area contributed by atoms with E-state index < -0.39 is 0 Å². The van der Waals surface area contributed by atoms with Crippen molar-refractivity contribution in [2.45, 2.75) is 6.92 Å². The maximum atomic E-state index is 12.6. The van der Waals surface area contributed by atoms with Gasteiger partial charge in [-0.15, -0.1) is 0 Å². The first-order chi connectivity index (χ1) is 12.7. The second-order valence-corrected chi connectivity index (χ2v) is 5.73. The fraction of sp³-hybridized carbons (Fsp3) is 0.105. The average Bonchev–Trinajstić information content (AvgIpc) is 3.10. The van der Waals surface area contributed by atoms with Crippen molar-refractivity contribution in [1.82, 2.24) is 9.97 Å². The van der Waals surface area contributed by atoms with Crippen LogP contribution in [-0.2, 0) is 0 Å². The first-order valence-electron chi connectivity index (χ1n) is 8.06. The molecule has 0 bridgehead atoms. The summed E-state index contributed by atoms with van der Waals surface area (Å²) in [5, 5.41) is 5.91. The topological polar surface area (TPSA) is 85.4 Å². The molecule has 0 spiro atoms. The number of nitrogens with one attached hydrogen (secondary N) is 2. The molecule has 0 unspecified atom stereocenters. The monoisotopic (exact) mass is 348 g/mol. The van der Waals surface area contributed by atoms with Crippen LogP contribution in [0.3, 0.4) is 0 Å². The van der Waals surface area contributed by atoms with Gasteiger partial charge in [0.25, 0.3) is 5.91 Å². The second-order valence-electron chi connectivity index (χ2n) is 5.73. The van der Waals surface area contributed by atoms with Crippen LogP contribution in [0.15, 0.2) is 54.6 Å². The number of hydrogen-bond donors (Lipinski definition) is 2. The maximum Gasteiger partial charge on any atom is 0.274 e. The first kappa shape index (κ1) is 15.9. The van der Waals surface area contributed by atoms with E-state index in [1.54, 1.807) is 24.3 Å². The number of rotatable bonds is 4. The number of para-hydroxylation sites is 1. The number of carbonyl (C=O) groups is 1. The third kappa shape index (κ3) is 3.41. The predicted molar refractivity (Wildman–Crippen MR) is 97.0 cm³/mol. The van der Waals surface area contributed by atoms with Crippen LogP contribution in [0.25, 0.3) is 0 Å². The van der Waals surface area contributed by atoms with E-state index in [2.05, 4.69) is 20.6 Å². The van der Waals surface area contributed by atoms with Crippen LogP contribution >= 0.6 is 0 Å². The molecular formula is C19H16N4O3. The van der Waals surface area contributed by atoms with E-state index in [1.807, 2.05) is 37.3 Å². The number of anilines is 3. The van der Waals surface area contributed by atoms with Gasteiger partial charge >= 0.3 is 0 Å². The molecular weight excluding hydrogens is 332 g/mol. The summed E-state index contributed by atoms with van der Waals surface area (Å²) >= 11 is 0. The molecule has 1 aromatic heterocycles. The molecule has 3 aromatic rings. The number of carbonyl (C=O) groups excluding carboxylic acids is 1. The average molecular weight is 348 g/mol. The van der Waals surface area contributed by atoms with Crippen molar-refractivity contribution in [3.63, 3.8) is 0 Å². The summed E-state index contributed by atoms with van der Waals surface area (Å²) in [7, 11) is 0. The van der Waals surface area contributed by atoms with Crippen LogP contribution in [0.1, 0.15) is 16.2 Å². The quantitative estimate of drug-likeness (QED) is 0.750. The minimum absolute atomic E-state index is 0.187. The summed E-state index contributed by atoms with van der Waals surface area (Å²) in [4.78, 5) is 21.2. The molecule has 0 saturated heterocycles. The van der Waals surface area contributed by atoms with Gasteiger partial charge in [0.15, 0.2) is 11.5 Å². The lowest BCUT2D eigenvalue weighted by molar-refractivity contribution is 0.102. The Bertz CT molecular complexity index is 960. The number of fused-ring (bicyclic) bond motifs is 1. The molecule has 1 amide bonds. The smallest absolute Gasteiger partial charge is 0.274 e. The molecule has 0 atom stereocenters. The van der Waals surface area contributed by atoms with Crippen LogP contribution in [0.2, 0.25) is 0 Å². The Labute approximate surface area is 150 Å². The van der Waals surface area contributed by atoms with E-state index in [0.717, 1.165) is 5.69 Å². The molecule has 0 fully saturated rings. The number of ether oxygens (including phenoxy) is 2. The van der Waals surface area contributed by atoms with E-state index in [1.165, 1.54) is 0 Å². The lowest BCUT2D eigenvalue weighted by Gasteiger charge is -2.09. The zero-order valence-corrected chi connectivity index (χ0v) is 14.0. The third-order valence-corrected chi connectivity index (χ3v) is 3.75. The highest BCUT2D eigenvalue weighted by Gasteiger charge is 2.16. The summed E-state index contributed by atoms with van der Waals surface area (Å²) < 4.78 is 10.6. The zero-order chi connectivity index (χ0) is 17.9. The summed E-state index contributed by atoms with van der Waals surface area (Å²) in [5.41, 5.74) is 2.41. The largest absolute Gasteiger partial charge is 0.454 e. The highest BCUT2D eigenvalue weighted by atomic mass is 16.7. The molecule has 7 nitrogen and oxygen atoms in total. The molecule has 130 valence electrons. The van der Waals surface area contributed by atoms with Gasteiger partial charge in [-0.05, 0) is 37.3 Å². The van der Waals surface area contributed by atoms with Crippen molar-refractivity contribution in [1.29, 1.82) is 0 Å². The molecule has 0 radical (unpaired) electrons. The Morgan fingerprint density at radius 3 is 2.62 bits per heavy atom. The van der Waals surface area contributed by atoms with Crippen LogP contribution in [-0.4, -0.2) is 22.7 Å². The Hall–Kier alpha value is -3.61. The summed E-state index contributed by atoms with van der Waals surface area (Å²) in [6.07, 6.45) is 0. The number of aromatic nitrogens is 2. The van der Waals surface area contributed by atoms with Gasteiger partial charge in [0.1, 0.15) is 5.69 Å². The normalized spacial score (nSPS) is 11.9. The summed E-state index contributed by atoms with van der Waals surface area (Å²) in [6, 6.07) is 16.4. The van der Waals surface area contributed by atoms with Crippen molar-refractivity contribution in [3.8, 4) is 11.5 Å². The van der Waals surface area contributed by atoms with Crippen molar-refractivity contribution >= 4 is 23.2 Å². The van der Waals surface area contributed by atoms with Gasteiger partial charge in [-0.3, -0.25) is 4.79 Å². The molecule has 4 rings (SSSR count). The summed E-state index contributed by atoms with van der Waals surface area (Å²) in [5.74, 6) is 1.31. The van der Waals surface area contributed by atoms with Crippen LogP contribution in [0.4, 0.5) is 17.3 Å². The molecule has 2 N–H and O–H groups in total. The van der Waals surface area contributed by atoms with E-state index in [9.17, 15) is 4.79 Å². The van der Waals surface area contributed by atoms with Crippen LogP contribution < -0.4 is 20.1 Å². The molecule has 1 aliphatic heterocycles. The molecule has 7 heteroatoms. The highest BCUT2D eigenvalue weighted by Crippen LogP contribution is 2.34. The van der Waals surface area contributed by atoms with E-state index in [-0.39, 0.29) is 18.4 Å². The predicted octanol–water partition coefficient (Wildman–Crippen LogP) is 3.51. The van der Waals surface area contributed by atoms with Gasteiger partial charge < -0.3 is 20.1 Å². The standard InChI is InChI=1S/C19H16N4O3/c1-12-9-15(23-19(20-12)22-13-5-3-2-4-6-13)18(24)21-14-7-8-16-17(10-14)26-11-25-16/h2-10H,11H2,1H3,(H,21,24)(H,20,22,23). The highest BCUT2D eigenvalue weighted by molar-refractivity contribution is 6.03. The molecule has 0 saturated carbocycles. The van der Waals surface area contributed by atoms with Gasteiger partial charge in [0.05, 0.1) is 0 Å². The van der Waals surface area contributed by atoms with Gasteiger partial charge in [0, 0.05) is 23.1 Å². The number of aryl methyl sites for hydroxylation is 1. The molecule has 26 heavy (non-hydrogen) atoms. The van der Waals surface area contributed by atoms with Gasteiger partial charge in [0.2, 0.25) is 12.7 Å². The number of amides is 1. The SMILES string of the molecule is Cc1cc(C(=O)Nc2ccc3c(c2)OCO3)nc(Nc2ccccc2)n1. The molecule has 2 heterocycles. The van der Waals surface area contributed by atoms with Crippen LogP contribution in [0, 0.1) is 6.92 Å². The Balaban J connectivity index is 1.54. The lowest BCUT2D eigenvalue weighted by Crippen LogP contribution is -2.15. The maximum absolute atomic E-state index is 12.6. The van der Waals surface area contributed by atoms with E-state index >= 15 is 0 Å². The van der Waals surface area contributed by atoms with Crippen LogP contribution in [0.5, 0.6) is 11.5 Å². The van der Waals surface area contributed by atoms with E-state index in [4.69, 9.17) is 9.47 Å². The molecule has 1 aliphatic rings. The van der Waals surface area contributed by atoms with E-state index in [0.29, 0.717) is 28.8 Å². The minimum atomic E-state index is -0.328. The lowest BCUT2D eigenvalue weighted by atomic mass is 10.2. The molecule has 0 aliphatic carbocycles. The summed E-state index contributed by atoms with van der Waals surface area (Å²) in [6.45, 7) is 2.00. The second kappa shape index (κ2) is 6.72. The Morgan fingerprint density at radius 1 is 0.962 bits per heavy atom. The van der Waals surface area contributed by atoms with Crippen molar-refractivity contribution < 1.29 is 14.3 Å². The minimum Gasteiger partial charge on any atom is -0.454 e. The van der Waals surface area contributed by atoms with Gasteiger partial charge in [-0.25, -0.2) is 9.97 Å². The Kier molecular flexibility index (Phi) is 4.10.